The quantitative estimate of drug-likeness (QED) is 0.766. The highest BCUT2D eigenvalue weighted by Crippen LogP contribution is 2.42. The van der Waals surface area contributed by atoms with Crippen LogP contribution < -0.4 is 0 Å². The third-order valence-corrected chi connectivity index (χ3v) is 4.07. The van der Waals surface area contributed by atoms with Crippen LogP contribution in [0.15, 0.2) is 12.4 Å². The Hall–Kier alpha value is -1.89. The third-order valence-electron chi connectivity index (χ3n) is 4.07. The number of rotatable bonds is 5. The monoisotopic (exact) mass is 323 g/mol. The summed E-state index contributed by atoms with van der Waals surface area (Å²) in [6.07, 6.45) is 3.75. The summed E-state index contributed by atoms with van der Waals surface area (Å²) in [4.78, 5) is 26.4. The molecule has 0 spiro atoms. The van der Waals surface area contributed by atoms with Crippen LogP contribution in [0, 0.1) is 5.92 Å². The second-order valence-corrected chi connectivity index (χ2v) is 6.74. The van der Waals surface area contributed by atoms with Gasteiger partial charge in [-0.2, -0.15) is 5.10 Å². The molecule has 0 unspecified atom stereocenters. The fourth-order valence-corrected chi connectivity index (χ4v) is 3.11. The summed E-state index contributed by atoms with van der Waals surface area (Å²) < 4.78 is 11.7. The minimum atomic E-state index is -0.508. The lowest BCUT2D eigenvalue weighted by molar-refractivity contribution is -0.146. The van der Waals surface area contributed by atoms with E-state index in [-0.39, 0.29) is 29.9 Å². The van der Waals surface area contributed by atoms with E-state index in [0.29, 0.717) is 13.2 Å². The lowest BCUT2D eigenvalue weighted by Gasteiger charge is -2.37. The molecule has 0 saturated carbocycles. The van der Waals surface area contributed by atoms with Crippen molar-refractivity contribution in [1.29, 1.82) is 0 Å². The number of nitrogens with zero attached hydrogens (tertiary/aromatic N) is 3. The lowest BCUT2D eigenvalue weighted by atomic mass is 9.93. The van der Waals surface area contributed by atoms with Gasteiger partial charge in [0.1, 0.15) is 0 Å². The Morgan fingerprint density at radius 1 is 1.39 bits per heavy atom. The van der Waals surface area contributed by atoms with Gasteiger partial charge >= 0.3 is 5.97 Å². The molecule has 23 heavy (non-hydrogen) atoms. The number of carbonyl (C=O) groups excluding carboxylic acids is 2. The first-order valence-corrected chi connectivity index (χ1v) is 7.71. The predicted octanol–water partition coefficient (Wildman–Crippen LogP) is 1.39. The zero-order chi connectivity index (χ0) is 17.2. The van der Waals surface area contributed by atoms with Gasteiger partial charge in [0.2, 0.25) is 5.91 Å². The molecule has 7 heteroatoms. The van der Waals surface area contributed by atoms with Crippen molar-refractivity contribution in [2.24, 2.45) is 5.92 Å². The summed E-state index contributed by atoms with van der Waals surface area (Å²) >= 11 is 0. The van der Waals surface area contributed by atoms with Gasteiger partial charge in [-0.3, -0.25) is 14.3 Å². The summed E-state index contributed by atoms with van der Waals surface area (Å²) in [7, 11) is 2.99. The van der Waals surface area contributed by atoms with Crippen LogP contribution in [0.4, 0.5) is 0 Å². The fraction of sp³-hybridized carbons (Fsp3) is 0.688. The number of likely N-dealkylation sites (tertiary alicyclic amines) is 1. The average Bonchev–Trinajstić information content (AvgIpc) is 3.07. The minimum absolute atomic E-state index is 0.0393. The molecular weight excluding hydrogens is 298 g/mol. The number of methoxy groups -OCH3 is 2. The van der Waals surface area contributed by atoms with Gasteiger partial charge in [0.25, 0.3) is 0 Å². The smallest absolute Gasteiger partial charge is 0.311 e. The molecule has 7 nitrogen and oxygen atoms in total. The highest BCUT2D eigenvalue weighted by atomic mass is 16.5. The van der Waals surface area contributed by atoms with Gasteiger partial charge in [-0.1, -0.05) is 0 Å². The van der Waals surface area contributed by atoms with Crippen molar-refractivity contribution in [2.75, 3.05) is 20.8 Å². The maximum Gasteiger partial charge on any atom is 0.311 e. The Bertz CT molecular complexity index is 576. The normalized spacial score (nSPS) is 21.8. The second-order valence-electron chi connectivity index (χ2n) is 6.74. The van der Waals surface area contributed by atoms with E-state index in [1.165, 1.54) is 7.11 Å². The molecule has 1 saturated heterocycles. The maximum absolute atomic E-state index is 12.5. The molecule has 0 radical (unpaired) electrons. The average molecular weight is 323 g/mol. The van der Waals surface area contributed by atoms with Gasteiger partial charge in [0, 0.05) is 30.8 Å². The van der Waals surface area contributed by atoms with E-state index in [9.17, 15) is 9.59 Å². The largest absolute Gasteiger partial charge is 0.469 e. The van der Waals surface area contributed by atoms with Gasteiger partial charge in [-0.05, 0) is 20.8 Å². The molecule has 0 N–H and O–H groups in total. The Balaban J connectivity index is 2.36. The van der Waals surface area contributed by atoms with Crippen molar-refractivity contribution in [3.63, 3.8) is 0 Å². The van der Waals surface area contributed by atoms with Crippen molar-refractivity contribution in [2.45, 2.75) is 45.3 Å². The number of amides is 1. The van der Waals surface area contributed by atoms with E-state index < -0.39 is 5.92 Å². The van der Waals surface area contributed by atoms with Gasteiger partial charge in [0.15, 0.2) is 0 Å². The number of ether oxygens (including phenoxy) is 2. The number of esters is 1. The summed E-state index contributed by atoms with van der Waals surface area (Å²) in [5, 5.41) is 4.31. The molecule has 1 aliphatic heterocycles. The first kappa shape index (κ1) is 17.5. The van der Waals surface area contributed by atoms with Crippen LogP contribution in [-0.4, -0.2) is 52.9 Å². The standard InChI is InChI=1S/C16H25N3O4/c1-16(2,3)19-13(20)8-12(15(21)23-5)14(19)11-9-17-18(10-11)6-7-22-4/h9-10,12,14H,6-8H2,1-5H3/t12-,14+/m0/s1. The third kappa shape index (κ3) is 3.55. The van der Waals surface area contributed by atoms with Crippen LogP contribution in [0.2, 0.25) is 0 Å². The molecule has 2 heterocycles. The predicted molar refractivity (Wildman–Crippen MR) is 83.6 cm³/mol. The van der Waals surface area contributed by atoms with E-state index in [0.717, 1.165) is 5.56 Å². The molecule has 0 bridgehead atoms. The Morgan fingerprint density at radius 2 is 2.09 bits per heavy atom. The summed E-state index contributed by atoms with van der Waals surface area (Å²) in [6, 6.07) is -0.355. The minimum Gasteiger partial charge on any atom is -0.469 e. The van der Waals surface area contributed by atoms with Crippen molar-refractivity contribution >= 4 is 11.9 Å². The zero-order valence-electron chi connectivity index (χ0n) is 14.4. The van der Waals surface area contributed by atoms with Crippen LogP contribution in [0.3, 0.4) is 0 Å². The molecule has 1 fully saturated rings. The molecule has 1 aromatic rings. The molecular formula is C16H25N3O4. The van der Waals surface area contributed by atoms with Gasteiger partial charge in [-0.15, -0.1) is 0 Å². The molecule has 0 aromatic carbocycles. The Labute approximate surface area is 136 Å². The molecule has 1 amide bonds. The summed E-state index contributed by atoms with van der Waals surface area (Å²) in [6.45, 7) is 7.07. The highest BCUT2D eigenvalue weighted by molar-refractivity contribution is 5.88. The van der Waals surface area contributed by atoms with Gasteiger partial charge in [-0.25, -0.2) is 0 Å². The Kier molecular flexibility index (Phi) is 5.09. The van der Waals surface area contributed by atoms with E-state index in [1.807, 2.05) is 27.0 Å². The number of hydrogen-bond acceptors (Lipinski definition) is 5. The molecule has 1 aliphatic rings. The number of aromatic nitrogens is 2. The number of hydrogen-bond donors (Lipinski definition) is 0. The summed E-state index contributed by atoms with van der Waals surface area (Å²) in [5.41, 5.74) is 0.455. The van der Waals surface area contributed by atoms with Gasteiger partial charge in [0.05, 0.1) is 38.4 Å². The zero-order valence-corrected chi connectivity index (χ0v) is 14.4. The molecule has 2 rings (SSSR count). The molecule has 2 atom stereocenters. The van der Waals surface area contributed by atoms with Crippen LogP contribution in [-0.2, 0) is 25.6 Å². The highest BCUT2D eigenvalue weighted by Gasteiger charge is 2.49. The molecule has 128 valence electrons. The first-order valence-electron chi connectivity index (χ1n) is 7.71. The SMILES string of the molecule is COCCn1cc([C@@H]2[C@@H](C(=O)OC)CC(=O)N2C(C)(C)C)cn1. The summed E-state index contributed by atoms with van der Waals surface area (Å²) in [5.74, 6) is -0.908. The van der Waals surface area contributed by atoms with E-state index in [4.69, 9.17) is 9.47 Å². The molecule has 1 aromatic heterocycles. The van der Waals surface area contributed by atoms with Gasteiger partial charge < -0.3 is 14.4 Å². The van der Waals surface area contributed by atoms with Crippen molar-refractivity contribution in [3.05, 3.63) is 18.0 Å². The molecule has 0 aliphatic carbocycles. The lowest BCUT2D eigenvalue weighted by Crippen LogP contribution is -2.44. The van der Waals surface area contributed by atoms with E-state index in [1.54, 1.807) is 22.9 Å². The van der Waals surface area contributed by atoms with Crippen LogP contribution in [0.1, 0.15) is 38.8 Å². The fourth-order valence-electron chi connectivity index (χ4n) is 3.11. The first-order chi connectivity index (χ1) is 10.8. The van der Waals surface area contributed by atoms with Crippen LogP contribution >= 0.6 is 0 Å². The van der Waals surface area contributed by atoms with Crippen LogP contribution in [0.5, 0.6) is 0 Å². The van der Waals surface area contributed by atoms with E-state index >= 15 is 0 Å². The Morgan fingerprint density at radius 3 is 2.65 bits per heavy atom. The van der Waals surface area contributed by atoms with Crippen molar-refractivity contribution in [1.82, 2.24) is 14.7 Å². The van der Waals surface area contributed by atoms with E-state index in [2.05, 4.69) is 5.10 Å². The topological polar surface area (TPSA) is 73.7 Å². The van der Waals surface area contributed by atoms with Crippen LogP contribution in [0.25, 0.3) is 0 Å². The second kappa shape index (κ2) is 6.70. The maximum atomic E-state index is 12.5. The van der Waals surface area contributed by atoms with Crippen molar-refractivity contribution in [3.8, 4) is 0 Å². The number of carbonyl (C=O) groups is 2. The van der Waals surface area contributed by atoms with Crippen molar-refractivity contribution < 1.29 is 19.1 Å².